The summed E-state index contributed by atoms with van der Waals surface area (Å²) in [4.78, 5) is 92.5. The van der Waals surface area contributed by atoms with E-state index in [2.05, 4.69) is 83.5 Å². The molecule has 0 saturated carbocycles. The van der Waals surface area contributed by atoms with Crippen LogP contribution >= 0.6 is 23.5 Å². The highest BCUT2D eigenvalue weighted by Gasteiger charge is 2.44. The number of hydrogen-bond acceptors (Lipinski definition) is 23. The van der Waals surface area contributed by atoms with E-state index in [0.29, 0.717) is 60.9 Å². The monoisotopic (exact) mass is 1400 g/mol. The Hall–Kier alpha value is -8.43. The number of Topliss-reactive ketones (excluding diaryl/α,β-unsaturated/α-hetero) is 2. The van der Waals surface area contributed by atoms with E-state index in [-0.39, 0.29) is 53.6 Å². The number of ketones is 2. The van der Waals surface area contributed by atoms with E-state index in [4.69, 9.17) is 63.5 Å². The van der Waals surface area contributed by atoms with Gasteiger partial charge in [-0.25, -0.2) is 23.7 Å². The van der Waals surface area contributed by atoms with Gasteiger partial charge in [0.15, 0.2) is 23.5 Å². The number of hydrogen-bond donors (Lipinski definition) is 6. The Balaban J connectivity index is 0.673. The van der Waals surface area contributed by atoms with Crippen LogP contribution in [0.2, 0.25) is 0 Å². The first kappa shape index (κ1) is 72.8. The van der Waals surface area contributed by atoms with Gasteiger partial charge in [-0.2, -0.15) is 13.2 Å². The number of methoxy groups -OCH3 is 3. The van der Waals surface area contributed by atoms with Crippen molar-refractivity contribution in [2.75, 3.05) is 78.1 Å². The van der Waals surface area contributed by atoms with E-state index < -0.39 is 74.0 Å². The molecule has 1 fully saturated rings. The summed E-state index contributed by atoms with van der Waals surface area (Å²) in [5.41, 5.74) is 31.6. The summed E-state index contributed by atoms with van der Waals surface area (Å²) in [7, 11) is -10.2. The Labute approximate surface area is 555 Å². The van der Waals surface area contributed by atoms with Crippen molar-refractivity contribution in [2.24, 2.45) is 17.3 Å². The predicted molar refractivity (Wildman–Crippen MR) is 346 cm³/mol. The maximum Gasteiger partial charge on any atom is 0.490 e. The van der Waals surface area contributed by atoms with Gasteiger partial charge in [0.25, 0.3) is 0 Å². The van der Waals surface area contributed by atoms with Crippen LogP contribution in [0.25, 0.3) is 54.1 Å². The van der Waals surface area contributed by atoms with Gasteiger partial charge in [0.05, 0.1) is 74.1 Å². The lowest BCUT2D eigenvalue weighted by Crippen LogP contribution is -2.36. The number of aromatic nitrogens is 4. The molecule has 0 spiro atoms. The zero-order chi connectivity index (χ0) is 69.4. The van der Waals surface area contributed by atoms with Crippen LogP contribution in [-0.2, 0) is 70.7 Å². The Morgan fingerprint density at radius 2 is 1.69 bits per heavy atom. The second kappa shape index (κ2) is 33.2. The number of carbonyl (C=O) groups is 3. The molecule has 3 aliphatic heterocycles. The van der Waals surface area contributed by atoms with Gasteiger partial charge < -0.3 is 78.0 Å². The number of aryl methyl sites for hydroxylation is 2. The van der Waals surface area contributed by atoms with Gasteiger partial charge in [-0.3, -0.25) is 18.9 Å². The van der Waals surface area contributed by atoms with Crippen molar-refractivity contribution in [3.8, 4) is 51.8 Å². The molecule has 9 rings (SSSR count). The summed E-state index contributed by atoms with van der Waals surface area (Å²) in [6.45, 7) is -0.426. The summed E-state index contributed by atoms with van der Waals surface area (Å²) >= 11 is 0. The molecular formula is C60H73N13O21P3+. The van der Waals surface area contributed by atoms with Crippen molar-refractivity contribution in [1.29, 1.82) is 0 Å². The number of nitrogen functional groups attached to an aromatic ring is 1. The first-order valence-electron chi connectivity index (χ1n) is 30.6. The number of pyridine rings is 1. The Morgan fingerprint density at radius 1 is 0.918 bits per heavy atom. The maximum atomic E-state index is 13.2. The largest absolute Gasteiger partial charge is 0.492 e. The number of fused-ring (bicyclic) bond motifs is 6. The van der Waals surface area contributed by atoms with Crippen LogP contribution in [0.1, 0.15) is 104 Å². The van der Waals surface area contributed by atoms with E-state index in [1.54, 1.807) is 45.6 Å². The van der Waals surface area contributed by atoms with E-state index >= 15 is 0 Å². The number of benzene rings is 3. The molecule has 34 nitrogen and oxygen atoms in total. The van der Waals surface area contributed by atoms with Gasteiger partial charge in [-0.1, -0.05) is 53.5 Å². The van der Waals surface area contributed by atoms with Crippen molar-refractivity contribution >= 4 is 74.4 Å². The molecule has 3 aliphatic rings. The molecule has 0 aliphatic carbocycles. The van der Waals surface area contributed by atoms with Crippen LogP contribution in [-0.4, -0.2) is 138 Å². The van der Waals surface area contributed by atoms with E-state index in [0.717, 1.165) is 104 Å². The smallest absolute Gasteiger partial charge is 0.490 e. The Bertz CT molecular complexity index is 4230. The van der Waals surface area contributed by atoms with Gasteiger partial charge in [-0.15, -0.1) is 0 Å². The Kier molecular flexibility index (Phi) is 24.9. The van der Waals surface area contributed by atoms with Gasteiger partial charge in [0.1, 0.15) is 81.0 Å². The van der Waals surface area contributed by atoms with Crippen LogP contribution in [0.4, 0.5) is 11.5 Å². The lowest BCUT2D eigenvalue weighted by atomic mass is 9.93. The summed E-state index contributed by atoms with van der Waals surface area (Å²) in [6.07, 6.45) is 6.07. The van der Waals surface area contributed by atoms with Crippen LogP contribution in [0, 0.1) is 11.8 Å². The number of phosphoric ester groups is 1. The van der Waals surface area contributed by atoms with Gasteiger partial charge in [0, 0.05) is 72.1 Å². The van der Waals surface area contributed by atoms with Crippen molar-refractivity contribution in [1.82, 2.24) is 19.9 Å². The van der Waals surface area contributed by atoms with Gasteiger partial charge in [-0.05, 0) is 73.0 Å². The average Bonchev–Trinajstić information content (AvgIpc) is 1.49. The number of nitrogens with two attached hydrogens (primary N) is 1. The fraction of sp³-hybridized carbons (Fsp3) is 0.467. The van der Waals surface area contributed by atoms with Crippen LogP contribution in [0.15, 0.2) is 71.3 Å². The molecule has 0 bridgehead atoms. The third-order valence-corrected chi connectivity index (χ3v) is 19.8. The molecule has 3 aromatic carbocycles. The summed E-state index contributed by atoms with van der Waals surface area (Å²) in [5.74, 6) is 8.04. The summed E-state index contributed by atoms with van der Waals surface area (Å²) in [6, 6.07) is 15.0. The molecule has 518 valence electrons. The fourth-order valence-corrected chi connectivity index (χ4v) is 14.8. The molecular weight excluding hydrogens is 1330 g/mol. The molecule has 97 heavy (non-hydrogen) atoms. The first-order chi connectivity index (χ1) is 46.5. The van der Waals surface area contributed by atoms with E-state index in [1.165, 1.54) is 16.3 Å². The number of unbranched alkanes of at least 4 members (excludes halogenated alkanes) is 4. The lowest BCUT2D eigenvalue weighted by Gasteiger charge is -2.33. The van der Waals surface area contributed by atoms with Gasteiger partial charge in [0.2, 0.25) is 22.9 Å². The third kappa shape index (κ3) is 19.0. The van der Waals surface area contributed by atoms with Crippen molar-refractivity contribution < 1.29 is 103 Å². The van der Waals surface area contributed by atoms with Crippen molar-refractivity contribution in [2.45, 2.75) is 108 Å². The minimum atomic E-state index is -5.83. The summed E-state index contributed by atoms with van der Waals surface area (Å²) in [5, 5.41) is 10.6. The maximum absolute atomic E-state index is 13.2. The number of carbonyl (C=O) groups excluding carboxylic acids is 3. The van der Waals surface area contributed by atoms with Crippen LogP contribution in [0.5, 0.6) is 28.7 Å². The molecule has 6 aromatic rings. The molecule has 6 heterocycles. The molecule has 1 saturated heterocycles. The number of nitrogens with zero attached hydrogens (tertiary/aromatic N) is 11. The molecule has 37 heteroatoms. The topological polar surface area (TPSA) is 458 Å². The van der Waals surface area contributed by atoms with Crippen LogP contribution < -0.4 is 44.2 Å². The number of phosphoric acid groups is 3. The molecule has 6 atom stereocenters. The van der Waals surface area contributed by atoms with Crippen molar-refractivity contribution in [3.63, 3.8) is 0 Å². The van der Waals surface area contributed by atoms with E-state index in [9.17, 15) is 43.4 Å². The number of azide groups is 2. The second-order valence-corrected chi connectivity index (χ2v) is 26.9. The summed E-state index contributed by atoms with van der Waals surface area (Å²) < 4.78 is 97.8. The first-order valence-corrected chi connectivity index (χ1v) is 35.1. The number of amides is 1. The quantitative estimate of drug-likeness (QED) is 0.00316. The van der Waals surface area contributed by atoms with E-state index in [1.807, 2.05) is 13.1 Å². The zero-order valence-electron chi connectivity index (χ0n) is 53.3. The highest BCUT2D eigenvalue weighted by Crippen LogP contribution is 2.66. The molecule has 7 N–H and O–H groups in total. The number of ether oxygens (including phenoxy) is 8. The second-order valence-electron chi connectivity index (χ2n) is 22.5. The predicted octanol–water partition coefficient (Wildman–Crippen LogP) is 8.78. The zero-order valence-corrected chi connectivity index (χ0v) is 56.0. The normalized spacial score (nSPS) is 17.1. The fourth-order valence-electron chi connectivity index (χ4n) is 11.7. The molecule has 3 aromatic heterocycles. The third-order valence-electron chi connectivity index (χ3n) is 16.0. The standard InChI is InChI=1S/C60H72N13O21P3/c1-71-46-28-50(84-2)58(86-4)57(85-3)43(46)26-40-31-88-48-27-45-37(25-44(48)56(40)71)16-12-22-72(45)23-13-18-41(74)17-8-6-5-7-9-20-47(75)38-14-10-19-42(24-38)87-34-53(68-70-63)89-33-52(76)64-21-11-15-39-30-73(60-55(39)59(61)65-35-66-60)54-29-49(90-36-67-69-62)51(92-54)32-91-96(80,81)94-97(82,83)93-95(77,78)79/h10,14,19,24-28,30,35,49,51,53-54H,5-9,12-13,16-18,20-23,29,31-34,36H2,1-4H3,(H6-,61,64,65,66,76,77,78,79,80,81,82,83)/p+1/t49?,51-,53?,54-/m1/s1. The minimum Gasteiger partial charge on any atom is -0.492 e. The molecule has 4 unspecified atom stereocenters. The van der Waals surface area contributed by atoms with Crippen molar-refractivity contribution in [3.05, 3.63) is 104 Å². The molecule has 0 radical (unpaired) electrons. The Morgan fingerprint density at radius 3 is 2.44 bits per heavy atom. The number of rotatable bonds is 35. The highest BCUT2D eigenvalue weighted by atomic mass is 31.3. The lowest BCUT2D eigenvalue weighted by molar-refractivity contribution is -0.634. The average molecular weight is 1410 g/mol. The van der Waals surface area contributed by atoms with Gasteiger partial charge >= 0.3 is 23.5 Å². The number of nitrogens with one attached hydrogen (secondary N) is 1. The van der Waals surface area contributed by atoms with Crippen LogP contribution in [0.3, 0.4) is 0 Å². The molecule has 1 amide bonds. The SMILES string of the molecule is COc1cc2c(cc3c([n+]2C)-c2cc4c(cc2OC3)N(CCCC(=O)CCCCCCCC(=O)c2cccc(OCC(N=[N+]=[N-])OCC(=O)NCC#Cc3cn([C@H]5CC(OCN=[N+]=[N-])[C@@H](COP(=O)(O)OP(=O)(O)OP(=O)(O)O)O5)c5ncnc(N)c35)c2)CCC4)c(OC)c1OC. The highest BCUT2D eigenvalue weighted by molar-refractivity contribution is 7.66. The number of anilines is 2. The minimum absolute atomic E-state index is 0.00146.